The van der Waals surface area contributed by atoms with Gasteiger partial charge in [0, 0.05) is 33.7 Å². The minimum Gasteiger partial charge on any atom is -0.404 e. The van der Waals surface area contributed by atoms with E-state index >= 15 is 0 Å². The Labute approximate surface area is 137 Å². The van der Waals surface area contributed by atoms with Gasteiger partial charge in [-0.15, -0.1) is 0 Å². The maximum atomic E-state index is 5.71. The number of pyridine rings is 1. The molecule has 4 nitrogen and oxygen atoms in total. The molecule has 0 radical (unpaired) electrons. The molecule has 0 aliphatic carbocycles. The summed E-state index contributed by atoms with van der Waals surface area (Å²) in [6, 6.07) is 1.98. The lowest BCUT2D eigenvalue weighted by Crippen LogP contribution is -2.24. The van der Waals surface area contributed by atoms with Gasteiger partial charge in [0.05, 0.1) is 5.35 Å². The second-order valence-corrected chi connectivity index (χ2v) is 5.47. The van der Waals surface area contributed by atoms with Crippen molar-refractivity contribution in [2.45, 2.75) is 0 Å². The molecule has 2 aromatic heterocycles. The van der Waals surface area contributed by atoms with E-state index in [1.165, 1.54) is 12.4 Å². The third-order valence-corrected chi connectivity index (χ3v) is 3.57. The van der Waals surface area contributed by atoms with E-state index in [0.29, 0.717) is 0 Å². The highest BCUT2D eigenvalue weighted by Crippen LogP contribution is 2.14. The van der Waals surface area contributed by atoms with E-state index in [9.17, 15) is 0 Å². The minimum absolute atomic E-state index is 0.763. The van der Waals surface area contributed by atoms with Crippen molar-refractivity contribution >= 4 is 39.2 Å². The number of halogens is 1. The number of aromatic nitrogens is 2. The van der Waals surface area contributed by atoms with Crippen LogP contribution in [0.2, 0.25) is 0 Å². The largest absolute Gasteiger partial charge is 0.404 e. The number of hydrogen-bond acceptors (Lipinski definition) is 3. The lowest BCUT2D eigenvalue weighted by molar-refractivity contribution is 1.27. The van der Waals surface area contributed by atoms with E-state index in [4.69, 9.17) is 11.5 Å². The van der Waals surface area contributed by atoms with Gasteiger partial charge in [0.1, 0.15) is 5.65 Å². The molecule has 2 rings (SSSR count). The van der Waals surface area contributed by atoms with Crippen LogP contribution in [0.4, 0.5) is 0 Å². The Kier molecular flexibility index (Phi) is 5.01. The summed E-state index contributed by atoms with van der Waals surface area (Å²) in [5.41, 5.74) is 13.7. The Morgan fingerprint density at radius 1 is 1.36 bits per heavy atom. The zero-order valence-electron chi connectivity index (χ0n) is 12.0. The number of allylic oxidation sites excluding steroid dienone is 5. The first-order chi connectivity index (χ1) is 10.6. The molecule has 22 heavy (non-hydrogen) atoms. The summed E-state index contributed by atoms with van der Waals surface area (Å²) >= 11 is 3.43. The number of nitrogens with zero attached hydrogens (tertiary/aromatic N) is 1. The topological polar surface area (TPSA) is 80.7 Å². The molecule has 0 aliphatic heterocycles. The van der Waals surface area contributed by atoms with E-state index in [1.807, 2.05) is 18.2 Å². The van der Waals surface area contributed by atoms with Crippen molar-refractivity contribution in [3.05, 3.63) is 76.0 Å². The monoisotopic (exact) mass is 356 g/mol. The summed E-state index contributed by atoms with van der Waals surface area (Å²) in [5, 5.41) is 2.66. The van der Waals surface area contributed by atoms with Crippen LogP contribution in [-0.2, 0) is 0 Å². The average molecular weight is 357 g/mol. The molecule has 2 heterocycles. The van der Waals surface area contributed by atoms with Gasteiger partial charge in [-0.05, 0) is 39.2 Å². The van der Waals surface area contributed by atoms with Crippen molar-refractivity contribution < 1.29 is 0 Å². The number of fused-ring (bicyclic) bond motifs is 1. The van der Waals surface area contributed by atoms with Gasteiger partial charge in [0.15, 0.2) is 0 Å². The molecular weight excluding hydrogens is 340 g/mol. The fourth-order valence-corrected chi connectivity index (χ4v) is 2.40. The number of aromatic amines is 1. The van der Waals surface area contributed by atoms with Crippen molar-refractivity contribution in [2.75, 3.05) is 0 Å². The molecule has 0 unspecified atom stereocenters. The SMILES string of the molecule is C=C/C=C\C(=C/N)C(=C)/C=c1\c(=C/N)[nH]c2ncc(Br)cc12. The number of nitrogens with two attached hydrogens (primary N) is 2. The normalized spacial score (nSPS) is 14.1. The average Bonchev–Trinajstić information content (AvgIpc) is 2.85. The summed E-state index contributed by atoms with van der Waals surface area (Å²) in [4.78, 5) is 7.51. The first-order valence-electron chi connectivity index (χ1n) is 6.58. The molecule has 5 heteroatoms. The molecular formula is C17H17BrN4. The molecule has 0 aromatic carbocycles. The van der Waals surface area contributed by atoms with E-state index < -0.39 is 0 Å². The van der Waals surface area contributed by atoms with E-state index in [0.717, 1.165) is 37.2 Å². The third-order valence-electron chi connectivity index (χ3n) is 3.14. The minimum atomic E-state index is 0.763. The van der Waals surface area contributed by atoms with E-state index in [1.54, 1.807) is 18.3 Å². The van der Waals surface area contributed by atoms with Crippen molar-refractivity contribution in [1.82, 2.24) is 9.97 Å². The van der Waals surface area contributed by atoms with E-state index in [2.05, 4.69) is 39.1 Å². The van der Waals surface area contributed by atoms with E-state index in [-0.39, 0.29) is 0 Å². The number of hydrogen-bond donors (Lipinski definition) is 3. The summed E-state index contributed by atoms with van der Waals surface area (Å²) < 4.78 is 0.893. The summed E-state index contributed by atoms with van der Waals surface area (Å²) in [6.07, 6.45) is 12.0. The lowest BCUT2D eigenvalue weighted by Gasteiger charge is -1.99. The van der Waals surface area contributed by atoms with Gasteiger partial charge in [-0.3, -0.25) is 0 Å². The summed E-state index contributed by atoms with van der Waals surface area (Å²) in [7, 11) is 0. The first-order valence-corrected chi connectivity index (χ1v) is 7.37. The molecule has 0 saturated heterocycles. The molecule has 0 aliphatic rings. The molecule has 5 N–H and O–H groups in total. The summed E-state index contributed by atoms with van der Waals surface area (Å²) in [5.74, 6) is 0. The molecule has 2 aromatic rings. The van der Waals surface area contributed by atoms with Crippen molar-refractivity contribution in [3.63, 3.8) is 0 Å². The highest BCUT2D eigenvalue weighted by molar-refractivity contribution is 9.10. The highest BCUT2D eigenvalue weighted by atomic mass is 79.9. The van der Waals surface area contributed by atoms with Crippen molar-refractivity contribution in [2.24, 2.45) is 11.5 Å². The molecule has 0 amide bonds. The Bertz CT molecular complexity index is 901. The zero-order chi connectivity index (χ0) is 16.1. The van der Waals surface area contributed by atoms with Crippen LogP contribution in [0.3, 0.4) is 0 Å². The first kappa shape index (κ1) is 15.9. The van der Waals surface area contributed by atoms with Gasteiger partial charge in [0.25, 0.3) is 0 Å². The van der Waals surface area contributed by atoms with Crippen LogP contribution in [0, 0.1) is 0 Å². The van der Waals surface area contributed by atoms with Crippen LogP contribution >= 0.6 is 15.9 Å². The summed E-state index contributed by atoms with van der Waals surface area (Å²) in [6.45, 7) is 7.71. The lowest BCUT2D eigenvalue weighted by atomic mass is 10.1. The fourth-order valence-electron chi connectivity index (χ4n) is 2.07. The highest BCUT2D eigenvalue weighted by Gasteiger charge is 2.04. The number of nitrogens with one attached hydrogen (secondary N) is 1. The smallest absolute Gasteiger partial charge is 0.138 e. The van der Waals surface area contributed by atoms with Gasteiger partial charge in [-0.25, -0.2) is 4.98 Å². The third kappa shape index (κ3) is 3.20. The van der Waals surface area contributed by atoms with Crippen molar-refractivity contribution in [3.8, 4) is 0 Å². The molecule has 0 bridgehead atoms. The van der Waals surface area contributed by atoms with Crippen LogP contribution in [0.5, 0.6) is 0 Å². The second-order valence-electron chi connectivity index (χ2n) is 4.56. The fraction of sp³-hybridized carbons (Fsp3) is 0. The van der Waals surface area contributed by atoms with Crippen LogP contribution in [0.25, 0.3) is 23.3 Å². The van der Waals surface area contributed by atoms with Gasteiger partial charge >= 0.3 is 0 Å². The quantitative estimate of drug-likeness (QED) is 0.732. The maximum absolute atomic E-state index is 5.71. The van der Waals surface area contributed by atoms with Crippen LogP contribution < -0.4 is 22.0 Å². The molecule has 0 saturated carbocycles. The molecule has 0 fully saturated rings. The van der Waals surface area contributed by atoms with Crippen LogP contribution in [0.1, 0.15) is 0 Å². The van der Waals surface area contributed by atoms with Gasteiger partial charge in [0.2, 0.25) is 0 Å². The molecule has 0 atom stereocenters. The Morgan fingerprint density at radius 2 is 2.14 bits per heavy atom. The van der Waals surface area contributed by atoms with Crippen LogP contribution in [0.15, 0.2) is 65.5 Å². The number of rotatable bonds is 4. The van der Waals surface area contributed by atoms with Gasteiger partial charge < -0.3 is 16.5 Å². The second kappa shape index (κ2) is 6.95. The van der Waals surface area contributed by atoms with Gasteiger partial charge in [-0.1, -0.05) is 31.4 Å². The van der Waals surface area contributed by atoms with Crippen LogP contribution in [-0.4, -0.2) is 9.97 Å². The Morgan fingerprint density at radius 3 is 2.77 bits per heavy atom. The van der Waals surface area contributed by atoms with Crippen molar-refractivity contribution in [1.29, 1.82) is 0 Å². The Balaban J connectivity index is 2.67. The molecule has 112 valence electrons. The number of H-pyrrole nitrogens is 1. The van der Waals surface area contributed by atoms with Gasteiger partial charge in [-0.2, -0.15) is 0 Å². The maximum Gasteiger partial charge on any atom is 0.138 e. The zero-order valence-corrected chi connectivity index (χ0v) is 13.6. The molecule has 0 spiro atoms. The predicted octanol–water partition coefficient (Wildman–Crippen LogP) is 1.94. The standard InChI is InChI=1S/C17H17BrN4/c1-3-4-5-12(8-19)11(2)6-14-15-7-13(18)10-21-17(15)22-16(14)9-20/h3-10H,1-2,19-20H2,(H,21,22)/b5-4-,12-8+,14-6-,16-9+. The predicted molar refractivity (Wildman–Crippen MR) is 96.9 cm³/mol. The Hall–Kier alpha value is -2.53.